The van der Waals surface area contributed by atoms with Gasteiger partial charge in [-0.1, -0.05) is 41.9 Å². The number of benzene rings is 2. The van der Waals surface area contributed by atoms with Crippen molar-refractivity contribution < 1.29 is 22.7 Å². The molecule has 6 heteroatoms. The molecule has 0 atom stereocenters. The van der Waals surface area contributed by atoms with Gasteiger partial charge in [-0.15, -0.1) is 0 Å². The fourth-order valence-electron chi connectivity index (χ4n) is 1.72. The molecule has 0 saturated carbocycles. The van der Waals surface area contributed by atoms with Crippen LogP contribution in [0, 0.1) is 0 Å². The van der Waals surface area contributed by atoms with E-state index in [1.165, 1.54) is 6.07 Å². The van der Waals surface area contributed by atoms with E-state index in [-0.39, 0.29) is 12.2 Å². The lowest BCUT2D eigenvalue weighted by Crippen LogP contribution is -2.12. The van der Waals surface area contributed by atoms with Gasteiger partial charge in [-0.05, 0) is 23.8 Å². The number of carbonyl (C=O) groups is 1. The van der Waals surface area contributed by atoms with Gasteiger partial charge in [-0.2, -0.15) is 13.2 Å². The van der Waals surface area contributed by atoms with E-state index >= 15 is 0 Å². The van der Waals surface area contributed by atoms with Gasteiger partial charge in [0.25, 0.3) is 0 Å². The molecule has 0 amide bonds. The summed E-state index contributed by atoms with van der Waals surface area (Å²) < 4.78 is 43.0. The highest BCUT2D eigenvalue weighted by Crippen LogP contribution is 2.36. The Morgan fingerprint density at radius 2 is 1.76 bits per heavy atom. The first-order chi connectivity index (χ1) is 9.86. The molecular formula is C15H10ClF3O2. The zero-order valence-corrected chi connectivity index (χ0v) is 11.4. The lowest BCUT2D eigenvalue weighted by Gasteiger charge is -2.11. The molecule has 2 nitrogen and oxygen atoms in total. The fourth-order valence-corrected chi connectivity index (χ4v) is 1.94. The summed E-state index contributed by atoms with van der Waals surface area (Å²) >= 11 is 5.49. The fraction of sp³-hybridized carbons (Fsp3) is 0.133. The second-order valence-corrected chi connectivity index (χ2v) is 4.68. The van der Waals surface area contributed by atoms with Crippen molar-refractivity contribution in [3.8, 4) is 5.75 Å². The maximum Gasteiger partial charge on any atom is 0.417 e. The van der Waals surface area contributed by atoms with Gasteiger partial charge >= 0.3 is 12.1 Å². The van der Waals surface area contributed by atoms with Crippen LogP contribution in [0.2, 0.25) is 5.02 Å². The smallest absolute Gasteiger partial charge is 0.417 e. The number of hydrogen-bond acceptors (Lipinski definition) is 2. The van der Waals surface area contributed by atoms with Gasteiger partial charge in [0.2, 0.25) is 0 Å². The van der Waals surface area contributed by atoms with E-state index in [0.717, 1.165) is 6.07 Å². The second kappa shape index (κ2) is 6.18. The summed E-state index contributed by atoms with van der Waals surface area (Å²) in [6.45, 7) is 0. The topological polar surface area (TPSA) is 26.3 Å². The molecule has 0 unspecified atom stereocenters. The number of alkyl halides is 3. The highest BCUT2D eigenvalue weighted by molar-refractivity contribution is 6.31. The molecule has 0 aliphatic carbocycles. The number of hydrogen-bond donors (Lipinski definition) is 0. The minimum atomic E-state index is -4.60. The van der Waals surface area contributed by atoms with E-state index < -0.39 is 22.7 Å². The van der Waals surface area contributed by atoms with Crippen LogP contribution < -0.4 is 4.74 Å². The third-order valence-corrected chi connectivity index (χ3v) is 3.00. The minimum absolute atomic E-state index is 0.0230. The van der Waals surface area contributed by atoms with Crippen molar-refractivity contribution >= 4 is 17.6 Å². The van der Waals surface area contributed by atoms with Crippen LogP contribution in [0.3, 0.4) is 0 Å². The quantitative estimate of drug-likeness (QED) is 0.615. The molecule has 0 spiro atoms. The van der Waals surface area contributed by atoms with Crippen LogP contribution in [-0.4, -0.2) is 5.97 Å². The summed E-state index contributed by atoms with van der Waals surface area (Å²) in [6, 6.07) is 11.7. The van der Waals surface area contributed by atoms with Crippen LogP contribution >= 0.6 is 11.6 Å². The van der Waals surface area contributed by atoms with Gasteiger partial charge < -0.3 is 4.74 Å². The second-order valence-electron chi connectivity index (χ2n) is 4.28. The van der Waals surface area contributed by atoms with E-state index in [4.69, 9.17) is 16.3 Å². The van der Waals surface area contributed by atoms with Crippen LogP contribution in [0.1, 0.15) is 11.1 Å². The SMILES string of the molecule is O=C(Cc1ccccc1)Oc1ccc(Cl)c(C(F)(F)F)c1. The lowest BCUT2D eigenvalue weighted by atomic mass is 10.1. The summed E-state index contributed by atoms with van der Waals surface area (Å²) in [5.41, 5.74) is -0.318. The predicted molar refractivity (Wildman–Crippen MR) is 72.2 cm³/mol. The number of rotatable bonds is 3. The van der Waals surface area contributed by atoms with E-state index in [2.05, 4.69) is 0 Å². The van der Waals surface area contributed by atoms with Gasteiger partial charge in [-0.3, -0.25) is 4.79 Å². The molecule has 2 aromatic carbocycles. The number of carbonyl (C=O) groups excluding carboxylic acids is 1. The maximum absolute atomic E-state index is 12.7. The van der Waals surface area contributed by atoms with Gasteiger partial charge in [0.1, 0.15) is 5.75 Å². The van der Waals surface area contributed by atoms with Crippen molar-refractivity contribution in [1.82, 2.24) is 0 Å². The summed E-state index contributed by atoms with van der Waals surface area (Å²) in [5, 5.41) is -0.439. The van der Waals surface area contributed by atoms with Gasteiger partial charge in [0, 0.05) is 0 Å². The van der Waals surface area contributed by atoms with Gasteiger partial charge in [0.15, 0.2) is 0 Å². The number of halogens is 4. The van der Waals surface area contributed by atoms with Crippen molar-refractivity contribution in [2.75, 3.05) is 0 Å². The third-order valence-electron chi connectivity index (χ3n) is 2.67. The van der Waals surface area contributed by atoms with Crippen molar-refractivity contribution in [2.24, 2.45) is 0 Å². The first kappa shape index (κ1) is 15.4. The zero-order chi connectivity index (χ0) is 15.5. The Morgan fingerprint density at radius 1 is 1.10 bits per heavy atom. The Kier molecular flexibility index (Phi) is 4.53. The van der Waals surface area contributed by atoms with Crippen molar-refractivity contribution in [3.05, 3.63) is 64.7 Å². The molecule has 0 aromatic heterocycles. The Labute approximate surface area is 124 Å². The molecule has 0 bridgehead atoms. The molecule has 110 valence electrons. The molecule has 21 heavy (non-hydrogen) atoms. The summed E-state index contributed by atoms with van der Waals surface area (Å²) in [4.78, 5) is 11.7. The molecule has 0 radical (unpaired) electrons. The Hall–Kier alpha value is -2.01. The third kappa shape index (κ3) is 4.23. The van der Waals surface area contributed by atoms with Crippen LogP contribution in [0.15, 0.2) is 48.5 Å². The lowest BCUT2D eigenvalue weighted by molar-refractivity contribution is -0.138. The monoisotopic (exact) mass is 314 g/mol. The average Bonchev–Trinajstić information content (AvgIpc) is 2.41. The summed E-state index contributed by atoms with van der Waals surface area (Å²) in [5.74, 6) is -0.829. The molecular weight excluding hydrogens is 305 g/mol. The highest BCUT2D eigenvalue weighted by Gasteiger charge is 2.33. The van der Waals surface area contributed by atoms with Gasteiger partial charge in [-0.25, -0.2) is 0 Å². The number of esters is 1. The Balaban J connectivity index is 2.11. The normalized spacial score (nSPS) is 11.2. The molecule has 2 rings (SSSR count). The predicted octanol–water partition coefficient (Wildman–Crippen LogP) is 4.51. The molecule has 0 N–H and O–H groups in total. The van der Waals surface area contributed by atoms with Crippen LogP contribution in [0.5, 0.6) is 5.75 Å². The molecule has 0 saturated heterocycles. The van der Waals surface area contributed by atoms with E-state index in [0.29, 0.717) is 11.6 Å². The number of ether oxygens (including phenoxy) is 1. The van der Waals surface area contributed by atoms with Crippen molar-refractivity contribution in [2.45, 2.75) is 12.6 Å². The zero-order valence-electron chi connectivity index (χ0n) is 10.7. The standard InChI is InChI=1S/C15H10ClF3O2/c16-13-7-6-11(9-12(13)15(17,18)19)21-14(20)8-10-4-2-1-3-5-10/h1-7,9H,8H2. The van der Waals surface area contributed by atoms with E-state index in [1.807, 2.05) is 0 Å². The van der Waals surface area contributed by atoms with Crippen molar-refractivity contribution in [3.63, 3.8) is 0 Å². The molecule has 2 aromatic rings. The average molecular weight is 315 g/mol. The highest BCUT2D eigenvalue weighted by atomic mass is 35.5. The van der Waals surface area contributed by atoms with E-state index in [9.17, 15) is 18.0 Å². The summed E-state index contributed by atoms with van der Waals surface area (Å²) in [6.07, 6.45) is -4.62. The van der Waals surface area contributed by atoms with E-state index in [1.54, 1.807) is 30.3 Å². The largest absolute Gasteiger partial charge is 0.426 e. The van der Waals surface area contributed by atoms with Crippen LogP contribution in [-0.2, 0) is 17.4 Å². The van der Waals surface area contributed by atoms with Gasteiger partial charge in [0.05, 0.1) is 17.0 Å². The Bertz CT molecular complexity index is 639. The summed E-state index contributed by atoms with van der Waals surface area (Å²) in [7, 11) is 0. The molecule has 0 aliphatic rings. The Morgan fingerprint density at radius 3 is 2.38 bits per heavy atom. The first-order valence-corrected chi connectivity index (χ1v) is 6.35. The molecule has 0 aliphatic heterocycles. The first-order valence-electron chi connectivity index (χ1n) is 5.97. The maximum atomic E-state index is 12.7. The van der Waals surface area contributed by atoms with Crippen LogP contribution in [0.25, 0.3) is 0 Å². The molecule has 0 heterocycles. The van der Waals surface area contributed by atoms with Crippen LogP contribution in [0.4, 0.5) is 13.2 Å². The van der Waals surface area contributed by atoms with Crippen molar-refractivity contribution in [1.29, 1.82) is 0 Å². The minimum Gasteiger partial charge on any atom is -0.426 e. The molecule has 0 fully saturated rings.